The minimum Gasteiger partial charge on any atom is -0.469 e. The van der Waals surface area contributed by atoms with Crippen LogP contribution in [0, 0.1) is 0 Å². The first-order valence-electron chi connectivity index (χ1n) is 7.15. The van der Waals surface area contributed by atoms with Crippen molar-refractivity contribution in [3.8, 4) is 0 Å². The summed E-state index contributed by atoms with van der Waals surface area (Å²) in [7, 11) is 0. The maximum Gasteiger partial charge on any atom is 0.414 e. The first kappa shape index (κ1) is 15.7. The monoisotopic (exact) mass is 297 g/mol. The van der Waals surface area contributed by atoms with E-state index in [-0.39, 0.29) is 6.61 Å². The van der Waals surface area contributed by atoms with Crippen LogP contribution in [-0.4, -0.2) is 17.5 Å². The average molecular weight is 297 g/mol. The molecule has 0 N–H and O–H groups in total. The van der Waals surface area contributed by atoms with E-state index in [1.807, 2.05) is 42.5 Å². The molecule has 1 heterocycles. The van der Waals surface area contributed by atoms with E-state index in [1.165, 1.54) is 11.1 Å². The predicted octanol–water partition coefficient (Wildman–Crippen LogP) is 4.15. The van der Waals surface area contributed by atoms with E-state index in [2.05, 4.69) is 12.3 Å². The maximum absolute atomic E-state index is 12.1. The first-order valence-corrected chi connectivity index (χ1v) is 7.15. The van der Waals surface area contributed by atoms with E-state index in [0.717, 1.165) is 24.2 Å². The van der Waals surface area contributed by atoms with Crippen molar-refractivity contribution >= 4 is 6.09 Å². The van der Waals surface area contributed by atoms with Gasteiger partial charge in [-0.2, -0.15) is 0 Å². The molecule has 0 saturated heterocycles. The quantitative estimate of drug-likeness (QED) is 0.721. The van der Waals surface area contributed by atoms with Gasteiger partial charge in [0.05, 0.1) is 12.5 Å². The second-order valence-corrected chi connectivity index (χ2v) is 4.75. The van der Waals surface area contributed by atoms with Crippen molar-refractivity contribution in [2.24, 2.45) is 0 Å². The number of ether oxygens (including phenoxy) is 1. The molecule has 4 heteroatoms. The molecule has 0 atom stereocenters. The zero-order valence-corrected chi connectivity index (χ0v) is 12.4. The van der Waals surface area contributed by atoms with Crippen LogP contribution in [0.4, 0.5) is 4.79 Å². The van der Waals surface area contributed by atoms with Crippen LogP contribution >= 0.6 is 0 Å². The summed E-state index contributed by atoms with van der Waals surface area (Å²) in [5, 5.41) is 0. The zero-order valence-electron chi connectivity index (χ0n) is 12.4. The third-order valence-electron chi connectivity index (χ3n) is 3.09. The fourth-order valence-corrected chi connectivity index (χ4v) is 2.00. The molecule has 0 bridgehead atoms. The van der Waals surface area contributed by atoms with Crippen LogP contribution < -0.4 is 0 Å². The topological polar surface area (TPSA) is 42.7 Å². The number of hydrogen-bond donors (Lipinski definition) is 0. The number of amides is 1. The Labute approximate surface area is 130 Å². The molecule has 0 spiro atoms. The minimum atomic E-state index is -0.403. The summed E-state index contributed by atoms with van der Waals surface area (Å²) in [6.45, 7) is 4.28. The smallest absolute Gasteiger partial charge is 0.414 e. The summed E-state index contributed by atoms with van der Waals surface area (Å²) in [6.07, 6.45) is 4.28. The van der Waals surface area contributed by atoms with E-state index >= 15 is 0 Å². The Hall–Kier alpha value is -2.71. The highest BCUT2D eigenvalue weighted by atomic mass is 16.6. The molecule has 0 saturated carbocycles. The molecule has 1 amide bonds. The van der Waals surface area contributed by atoms with Crippen LogP contribution in [0.15, 0.2) is 71.7 Å². The number of hydrogen-bond acceptors (Lipinski definition) is 3. The molecule has 0 aliphatic heterocycles. The number of benzene rings is 1. The average Bonchev–Trinajstić information content (AvgIpc) is 3.06. The van der Waals surface area contributed by atoms with Gasteiger partial charge in [-0.05, 0) is 24.1 Å². The summed E-state index contributed by atoms with van der Waals surface area (Å²) in [5.74, 6) is 0.903. The lowest BCUT2D eigenvalue weighted by molar-refractivity contribution is 0.110. The highest BCUT2D eigenvalue weighted by molar-refractivity contribution is 5.68. The summed E-state index contributed by atoms with van der Waals surface area (Å²) >= 11 is 0. The Morgan fingerprint density at radius 1 is 1.27 bits per heavy atom. The summed E-state index contributed by atoms with van der Waals surface area (Å²) in [5.41, 5.74) is 3.57. The fourth-order valence-electron chi connectivity index (χ4n) is 2.00. The molecular formula is C18H19NO3. The van der Waals surface area contributed by atoms with Crippen LogP contribution in [0.1, 0.15) is 17.7 Å². The third-order valence-corrected chi connectivity index (χ3v) is 3.09. The molecule has 0 aliphatic carbocycles. The highest BCUT2D eigenvalue weighted by Gasteiger charge is 2.12. The van der Waals surface area contributed by atoms with Gasteiger partial charge >= 0.3 is 6.09 Å². The molecule has 2 rings (SSSR count). The van der Waals surface area contributed by atoms with Crippen molar-refractivity contribution in [3.05, 3.63) is 78.6 Å². The molecule has 0 radical (unpaired) electrons. The van der Waals surface area contributed by atoms with Gasteiger partial charge in [0.2, 0.25) is 0 Å². The molecule has 1 aromatic carbocycles. The first-order chi connectivity index (χ1) is 10.8. The fraction of sp³-hybridized carbons (Fsp3) is 0.222. The van der Waals surface area contributed by atoms with E-state index in [0.29, 0.717) is 6.54 Å². The molecule has 0 aliphatic rings. The Morgan fingerprint density at radius 3 is 2.77 bits per heavy atom. The lowest BCUT2D eigenvalue weighted by Crippen LogP contribution is -2.27. The largest absolute Gasteiger partial charge is 0.469 e. The van der Waals surface area contributed by atoms with Gasteiger partial charge < -0.3 is 9.15 Å². The van der Waals surface area contributed by atoms with Gasteiger partial charge in [-0.15, -0.1) is 5.73 Å². The molecular weight excluding hydrogens is 278 g/mol. The van der Waals surface area contributed by atoms with Gasteiger partial charge in [0, 0.05) is 13.0 Å². The molecule has 0 fully saturated rings. The number of furan rings is 1. The second kappa shape index (κ2) is 8.55. The number of nitrogens with zero attached hydrogens (tertiary/aromatic N) is 1. The van der Waals surface area contributed by atoms with E-state index in [4.69, 9.17) is 9.15 Å². The summed E-state index contributed by atoms with van der Waals surface area (Å²) in [6, 6.07) is 13.3. The molecule has 114 valence electrons. The van der Waals surface area contributed by atoms with Crippen LogP contribution in [0.3, 0.4) is 0 Å². The van der Waals surface area contributed by atoms with Crippen LogP contribution in [0.25, 0.3) is 0 Å². The van der Waals surface area contributed by atoms with Crippen molar-refractivity contribution in [1.82, 2.24) is 4.90 Å². The van der Waals surface area contributed by atoms with Crippen molar-refractivity contribution in [1.29, 1.82) is 0 Å². The Morgan fingerprint density at radius 2 is 2.09 bits per heavy atom. The minimum absolute atomic E-state index is 0.249. The van der Waals surface area contributed by atoms with Crippen LogP contribution in [-0.2, 0) is 17.8 Å². The van der Waals surface area contributed by atoms with Gasteiger partial charge in [0.15, 0.2) is 0 Å². The number of rotatable bonds is 7. The molecule has 1 aromatic heterocycles. The van der Waals surface area contributed by atoms with Crippen molar-refractivity contribution in [3.63, 3.8) is 0 Å². The molecule has 22 heavy (non-hydrogen) atoms. The predicted molar refractivity (Wildman–Crippen MR) is 84.1 cm³/mol. The van der Waals surface area contributed by atoms with Gasteiger partial charge in [-0.25, -0.2) is 4.79 Å². The summed E-state index contributed by atoms with van der Waals surface area (Å²) in [4.78, 5) is 13.6. The third kappa shape index (κ3) is 5.00. The number of aryl methyl sites for hydroxylation is 1. The van der Waals surface area contributed by atoms with Crippen LogP contribution in [0.5, 0.6) is 0 Å². The van der Waals surface area contributed by atoms with Gasteiger partial charge in [-0.1, -0.05) is 36.9 Å². The molecule has 2 aromatic rings. The standard InChI is InChI=1S/C18H19NO3/c1-2-12-19(13-6-10-17-11-7-14-21-17)18(20)22-15-16-8-4-3-5-9-16/h3-5,7-9,11-12,14H,1,6,10,13,15H2. The Kier molecular flexibility index (Phi) is 6.09. The Bertz CT molecular complexity index is 613. The Balaban J connectivity index is 1.81. The summed E-state index contributed by atoms with van der Waals surface area (Å²) < 4.78 is 10.6. The highest BCUT2D eigenvalue weighted by Crippen LogP contribution is 2.07. The number of carbonyl (C=O) groups is 1. The SMILES string of the molecule is C=C=CN(CCCc1ccco1)C(=O)OCc1ccccc1. The lowest BCUT2D eigenvalue weighted by atomic mass is 10.2. The second-order valence-electron chi connectivity index (χ2n) is 4.75. The zero-order chi connectivity index (χ0) is 15.6. The van der Waals surface area contributed by atoms with E-state index in [9.17, 15) is 4.79 Å². The van der Waals surface area contributed by atoms with Crippen molar-refractivity contribution < 1.29 is 13.9 Å². The van der Waals surface area contributed by atoms with Crippen molar-refractivity contribution in [2.45, 2.75) is 19.4 Å². The number of carbonyl (C=O) groups excluding carboxylic acids is 1. The van der Waals surface area contributed by atoms with Gasteiger partial charge in [0.1, 0.15) is 12.4 Å². The van der Waals surface area contributed by atoms with Gasteiger partial charge in [0.25, 0.3) is 0 Å². The van der Waals surface area contributed by atoms with E-state index in [1.54, 1.807) is 6.26 Å². The normalized spacial score (nSPS) is 9.82. The lowest BCUT2D eigenvalue weighted by Gasteiger charge is -2.17. The van der Waals surface area contributed by atoms with Crippen molar-refractivity contribution in [2.75, 3.05) is 6.54 Å². The van der Waals surface area contributed by atoms with E-state index < -0.39 is 6.09 Å². The molecule has 0 unspecified atom stereocenters. The van der Waals surface area contributed by atoms with Crippen LogP contribution in [0.2, 0.25) is 0 Å². The maximum atomic E-state index is 12.1. The molecule has 4 nitrogen and oxygen atoms in total. The van der Waals surface area contributed by atoms with Gasteiger partial charge in [-0.3, -0.25) is 4.90 Å².